The van der Waals surface area contributed by atoms with Crippen LogP contribution in [0.15, 0.2) is 61.1 Å². The highest BCUT2D eigenvalue weighted by molar-refractivity contribution is 6.08. The van der Waals surface area contributed by atoms with E-state index in [0.29, 0.717) is 36.8 Å². The van der Waals surface area contributed by atoms with Gasteiger partial charge in [0.25, 0.3) is 11.8 Å². The summed E-state index contributed by atoms with van der Waals surface area (Å²) in [7, 11) is 0. The fourth-order valence-electron chi connectivity index (χ4n) is 5.39. The Morgan fingerprint density at radius 2 is 2.05 bits per heavy atom. The van der Waals surface area contributed by atoms with Crippen molar-refractivity contribution in [3.8, 4) is 0 Å². The van der Waals surface area contributed by atoms with E-state index in [4.69, 9.17) is 4.74 Å². The van der Waals surface area contributed by atoms with Crippen molar-refractivity contribution >= 4 is 40.0 Å². The summed E-state index contributed by atoms with van der Waals surface area (Å²) in [4.78, 5) is 40.3. The van der Waals surface area contributed by atoms with Crippen LogP contribution in [0.3, 0.4) is 0 Å². The van der Waals surface area contributed by atoms with Gasteiger partial charge in [-0.05, 0) is 60.4 Å². The number of rotatable bonds is 6. The van der Waals surface area contributed by atoms with Crippen molar-refractivity contribution in [3.63, 3.8) is 0 Å². The molecule has 0 bridgehead atoms. The van der Waals surface area contributed by atoms with Crippen LogP contribution in [0.4, 0.5) is 17.2 Å². The second-order valence-corrected chi connectivity index (χ2v) is 10.5. The van der Waals surface area contributed by atoms with Gasteiger partial charge in [-0.25, -0.2) is 9.97 Å². The van der Waals surface area contributed by atoms with Crippen molar-refractivity contribution in [2.45, 2.75) is 44.8 Å². The summed E-state index contributed by atoms with van der Waals surface area (Å²) < 4.78 is 5.67. The van der Waals surface area contributed by atoms with Crippen LogP contribution in [-0.4, -0.2) is 46.0 Å². The van der Waals surface area contributed by atoms with Gasteiger partial charge in [0.2, 0.25) is 0 Å². The number of nitrogens with one attached hydrogen (secondary N) is 3. The maximum atomic E-state index is 13.4. The summed E-state index contributed by atoms with van der Waals surface area (Å²) in [5, 5.41) is 7.33. The zero-order valence-corrected chi connectivity index (χ0v) is 21.5. The molecular weight excluding hydrogens is 480 g/mol. The van der Waals surface area contributed by atoms with Crippen molar-refractivity contribution in [2.75, 3.05) is 28.7 Å². The predicted octanol–water partition coefficient (Wildman–Crippen LogP) is 4.63. The van der Waals surface area contributed by atoms with Crippen LogP contribution < -0.4 is 15.5 Å². The van der Waals surface area contributed by atoms with Gasteiger partial charge in [-0.15, -0.1) is 0 Å². The minimum atomic E-state index is -0.396. The molecule has 0 spiro atoms. The topological polar surface area (TPSA) is 112 Å². The number of nitrogens with zero attached hydrogens (tertiary/aromatic N) is 3. The van der Waals surface area contributed by atoms with Gasteiger partial charge in [0.05, 0.1) is 5.56 Å². The molecule has 0 saturated carbocycles. The van der Waals surface area contributed by atoms with Crippen LogP contribution in [-0.2, 0) is 21.5 Å². The number of carbonyl (C=O) groups is 2. The van der Waals surface area contributed by atoms with Gasteiger partial charge in [-0.1, -0.05) is 19.9 Å². The number of anilines is 3. The highest BCUT2D eigenvalue weighted by Crippen LogP contribution is 2.42. The molecule has 2 aliphatic heterocycles. The van der Waals surface area contributed by atoms with E-state index in [1.54, 1.807) is 24.5 Å². The Bertz CT molecular complexity index is 1520. The second kappa shape index (κ2) is 9.57. The highest BCUT2D eigenvalue weighted by atomic mass is 16.5. The number of aromatic amines is 1. The quantitative estimate of drug-likeness (QED) is 0.349. The van der Waals surface area contributed by atoms with Gasteiger partial charge in [-0.3, -0.25) is 9.59 Å². The smallest absolute Gasteiger partial charge is 0.259 e. The van der Waals surface area contributed by atoms with Crippen LogP contribution in [0.2, 0.25) is 0 Å². The first kappa shape index (κ1) is 24.1. The van der Waals surface area contributed by atoms with Crippen molar-refractivity contribution < 1.29 is 14.3 Å². The third-order valence-corrected chi connectivity index (χ3v) is 7.35. The maximum absolute atomic E-state index is 13.4. The lowest BCUT2D eigenvalue weighted by atomic mass is 9.87. The third-order valence-electron chi connectivity index (χ3n) is 7.35. The summed E-state index contributed by atoms with van der Waals surface area (Å²) in [6.45, 7) is 5.95. The van der Waals surface area contributed by atoms with Crippen molar-refractivity contribution in [2.24, 2.45) is 0 Å². The van der Waals surface area contributed by atoms with E-state index in [1.807, 2.05) is 41.4 Å². The molecule has 2 aliphatic rings. The lowest BCUT2D eigenvalue weighted by Gasteiger charge is -2.23. The van der Waals surface area contributed by atoms with E-state index in [2.05, 4.69) is 39.4 Å². The molecule has 2 amide bonds. The average Bonchev–Trinajstić information content (AvgIpc) is 3.67. The number of ether oxygens (including phenoxy) is 1. The monoisotopic (exact) mass is 510 g/mol. The molecule has 194 valence electrons. The lowest BCUT2D eigenvalue weighted by molar-refractivity contribution is -0.127. The Morgan fingerprint density at radius 3 is 2.89 bits per heavy atom. The van der Waals surface area contributed by atoms with Crippen molar-refractivity contribution in [1.29, 1.82) is 0 Å². The van der Waals surface area contributed by atoms with Crippen LogP contribution in [0.5, 0.6) is 0 Å². The van der Waals surface area contributed by atoms with Crippen molar-refractivity contribution in [3.05, 3.63) is 77.7 Å². The Labute approximate surface area is 220 Å². The maximum Gasteiger partial charge on any atom is 0.259 e. The third kappa shape index (κ3) is 4.39. The molecule has 4 aromatic rings. The molecule has 0 radical (unpaired) electrons. The second-order valence-electron chi connectivity index (χ2n) is 10.5. The summed E-state index contributed by atoms with van der Waals surface area (Å²) >= 11 is 0. The van der Waals surface area contributed by atoms with Crippen LogP contribution >= 0.6 is 0 Å². The molecule has 0 aliphatic carbocycles. The SMILES string of the molecule is CC1(C)CN(C(=O)C2CCCO2)c2cc(NC(=O)c3cccnc3NCc3ccnc4[nH]ccc34)ccc21. The van der Waals surface area contributed by atoms with E-state index in [9.17, 15) is 9.59 Å². The van der Waals surface area contributed by atoms with Crippen LogP contribution in [0, 0.1) is 0 Å². The van der Waals surface area contributed by atoms with E-state index in [0.717, 1.165) is 40.7 Å². The number of aromatic nitrogens is 3. The Morgan fingerprint density at radius 1 is 1.16 bits per heavy atom. The summed E-state index contributed by atoms with van der Waals surface area (Å²) in [6.07, 6.45) is 6.51. The summed E-state index contributed by atoms with van der Waals surface area (Å²) in [6, 6.07) is 13.2. The van der Waals surface area contributed by atoms with Gasteiger partial charge in [-0.2, -0.15) is 0 Å². The normalized spacial score (nSPS) is 17.9. The molecule has 5 heterocycles. The first-order chi connectivity index (χ1) is 18.4. The van der Waals surface area contributed by atoms with E-state index >= 15 is 0 Å². The number of hydrogen-bond acceptors (Lipinski definition) is 6. The number of pyridine rings is 2. The molecule has 9 nitrogen and oxygen atoms in total. The molecule has 38 heavy (non-hydrogen) atoms. The highest BCUT2D eigenvalue weighted by Gasteiger charge is 2.41. The molecule has 1 fully saturated rings. The fourth-order valence-corrected chi connectivity index (χ4v) is 5.39. The Hall–Kier alpha value is -4.24. The van der Waals surface area contributed by atoms with Gasteiger partial charge < -0.3 is 25.3 Å². The van der Waals surface area contributed by atoms with Gasteiger partial charge in [0.15, 0.2) is 0 Å². The molecule has 3 aromatic heterocycles. The van der Waals surface area contributed by atoms with E-state index in [-0.39, 0.29) is 17.2 Å². The zero-order chi connectivity index (χ0) is 26.3. The zero-order valence-electron chi connectivity index (χ0n) is 21.5. The predicted molar refractivity (Wildman–Crippen MR) is 146 cm³/mol. The largest absolute Gasteiger partial charge is 0.368 e. The molecule has 1 atom stereocenters. The van der Waals surface area contributed by atoms with Crippen molar-refractivity contribution in [1.82, 2.24) is 15.0 Å². The lowest BCUT2D eigenvalue weighted by Crippen LogP contribution is -2.40. The minimum Gasteiger partial charge on any atom is -0.368 e. The number of fused-ring (bicyclic) bond motifs is 2. The standard InChI is InChI=1S/C29H30N6O3/c1-29(2)17-35(28(37)24-6-4-14-38-24)23-15-19(7-8-22(23)29)34-27(36)21-5-3-11-30-26(21)33-16-18-9-12-31-25-20(18)10-13-32-25/h3,5,7-13,15,24H,4,6,14,16-17H2,1-2H3,(H,30,33)(H,31,32)(H,34,36). The average molecular weight is 511 g/mol. The van der Waals surface area contributed by atoms with E-state index < -0.39 is 6.10 Å². The molecule has 1 unspecified atom stereocenters. The van der Waals surface area contributed by atoms with Gasteiger partial charge >= 0.3 is 0 Å². The molecule has 1 saturated heterocycles. The Kier molecular flexibility index (Phi) is 6.07. The van der Waals surface area contributed by atoms with Gasteiger partial charge in [0.1, 0.15) is 17.6 Å². The number of benzene rings is 1. The molecule has 6 rings (SSSR count). The van der Waals surface area contributed by atoms with Gasteiger partial charge in [0, 0.05) is 60.5 Å². The molecule has 9 heteroatoms. The number of carbonyl (C=O) groups excluding carboxylic acids is 2. The van der Waals surface area contributed by atoms with Crippen LogP contribution in [0.1, 0.15) is 48.2 Å². The van der Waals surface area contributed by atoms with E-state index in [1.165, 1.54) is 0 Å². The number of hydrogen-bond donors (Lipinski definition) is 3. The first-order valence-corrected chi connectivity index (χ1v) is 12.9. The minimum absolute atomic E-state index is 0.0100. The molecule has 3 N–H and O–H groups in total. The number of amides is 2. The molecular formula is C29H30N6O3. The first-order valence-electron chi connectivity index (χ1n) is 12.9. The fraction of sp³-hybridized carbons (Fsp3) is 0.310. The summed E-state index contributed by atoms with van der Waals surface area (Å²) in [5.74, 6) is 0.198. The Balaban J connectivity index is 1.22. The van der Waals surface area contributed by atoms with Crippen LogP contribution in [0.25, 0.3) is 11.0 Å². The summed E-state index contributed by atoms with van der Waals surface area (Å²) in [5.41, 5.74) is 4.63. The molecule has 1 aromatic carbocycles. The number of H-pyrrole nitrogens is 1.